The molecule has 4 N–H and O–H groups in total. The summed E-state index contributed by atoms with van der Waals surface area (Å²) >= 11 is 12.4. The van der Waals surface area contributed by atoms with E-state index in [0.717, 1.165) is 29.3 Å². The van der Waals surface area contributed by atoms with Crippen molar-refractivity contribution in [2.24, 2.45) is 11.7 Å². The predicted octanol–water partition coefficient (Wildman–Crippen LogP) is 4.71. The van der Waals surface area contributed by atoms with Crippen LogP contribution in [0.25, 0.3) is 22.2 Å². The van der Waals surface area contributed by atoms with Crippen molar-refractivity contribution >= 4 is 45.8 Å². The van der Waals surface area contributed by atoms with Crippen molar-refractivity contribution < 1.29 is 9.53 Å². The molecule has 32 heavy (non-hydrogen) atoms. The summed E-state index contributed by atoms with van der Waals surface area (Å²) in [6, 6.07) is 9.09. The summed E-state index contributed by atoms with van der Waals surface area (Å²) in [5.41, 5.74) is 8.97. The second-order valence-corrected chi connectivity index (χ2v) is 8.34. The maximum Gasteiger partial charge on any atom is 0.228 e. The van der Waals surface area contributed by atoms with E-state index in [1.165, 1.54) is 12.4 Å². The van der Waals surface area contributed by atoms with Gasteiger partial charge in [0.1, 0.15) is 17.3 Å². The van der Waals surface area contributed by atoms with Crippen LogP contribution in [0.4, 0.5) is 5.82 Å². The van der Waals surface area contributed by atoms with Gasteiger partial charge in [-0.3, -0.25) is 20.6 Å². The smallest absolute Gasteiger partial charge is 0.228 e. The Hall–Kier alpha value is -3.20. The number of anilines is 1. The first-order valence-corrected chi connectivity index (χ1v) is 10.7. The highest BCUT2D eigenvalue weighted by Gasteiger charge is 2.29. The second kappa shape index (κ2) is 8.38. The maximum atomic E-state index is 11.9. The molecule has 0 bridgehead atoms. The summed E-state index contributed by atoms with van der Waals surface area (Å²) in [7, 11) is 0. The Kier molecular flexibility index (Phi) is 5.42. The van der Waals surface area contributed by atoms with Gasteiger partial charge in [-0.1, -0.05) is 23.2 Å². The number of aromatic amines is 1. The monoisotopic (exact) mass is 468 g/mol. The van der Waals surface area contributed by atoms with Crippen molar-refractivity contribution in [1.29, 1.82) is 0 Å². The molecular formula is C22H18Cl2N6O2. The Morgan fingerprint density at radius 2 is 1.94 bits per heavy atom. The van der Waals surface area contributed by atoms with Crippen LogP contribution in [0.15, 0.2) is 48.9 Å². The molecule has 10 heteroatoms. The number of amides is 1. The highest BCUT2D eigenvalue weighted by molar-refractivity contribution is 6.35. The Balaban J connectivity index is 1.39. The highest BCUT2D eigenvalue weighted by Crippen LogP contribution is 2.33. The van der Waals surface area contributed by atoms with E-state index in [1.807, 2.05) is 18.2 Å². The molecule has 8 nitrogen and oxygen atoms in total. The number of hydrogen-bond donors (Lipinski definition) is 3. The number of carbonyl (C=O) groups excluding carboxylic acids is 1. The third-order valence-corrected chi connectivity index (χ3v) is 5.81. The number of nitrogens with one attached hydrogen (secondary N) is 2. The Bertz CT molecular complexity index is 1280. The SMILES string of the molecule is N[C@@H](Oc1ccc2[nH]nc(-c3ccc(NC(=O)C4CC4)nc3)c2c1)c1c(Cl)cncc1Cl. The molecule has 3 heterocycles. The van der Waals surface area contributed by atoms with Crippen molar-refractivity contribution in [1.82, 2.24) is 20.2 Å². The van der Waals surface area contributed by atoms with E-state index in [2.05, 4.69) is 25.5 Å². The summed E-state index contributed by atoms with van der Waals surface area (Å²) in [4.78, 5) is 20.2. The van der Waals surface area contributed by atoms with Crippen LogP contribution in [-0.4, -0.2) is 26.1 Å². The Morgan fingerprint density at radius 3 is 2.62 bits per heavy atom. The lowest BCUT2D eigenvalue weighted by molar-refractivity contribution is -0.117. The largest absolute Gasteiger partial charge is 0.471 e. The number of aromatic nitrogens is 4. The van der Waals surface area contributed by atoms with Crippen LogP contribution in [0, 0.1) is 5.92 Å². The molecule has 0 unspecified atom stereocenters. The topological polar surface area (TPSA) is 119 Å². The van der Waals surface area contributed by atoms with Gasteiger partial charge in [-0.25, -0.2) is 4.98 Å². The number of fused-ring (bicyclic) bond motifs is 1. The van der Waals surface area contributed by atoms with E-state index in [-0.39, 0.29) is 11.8 Å². The first kappa shape index (κ1) is 20.7. The fraction of sp³-hybridized carbons (Fsp3) is 0.182. The van der Waals surface area contributed by atoms with Gasteiger partial charge in [0, 0.05) is 41.0 Å². The molecule has 1 aromatic carbocycles. The lowest BCUT2D eigenvalue weighted by Gasteiger charge is -2.17. The fourth-order valence-electron chi connectivity index (χ4n) is 3.37. The molecule has 3 aromatic heterocycles. The van der Waals surface area contributed by atoms with Gasteiger partial charge >= 0.3 is 0 Å². The van der Waals surface area contributed by atoms with Crippen molar-refractivity contribution in [3.63, 3.8) is 0 Å². The van der Waals surface area contributed by atoms with Gasteiger partial charge in [0.25, 0.3) is 0 Å². The summed E-state index contributed by atoms with van der Waals surface area (Å²) in [6.45, 7) is 0. The minimum atomic E-state index is -0.873. The molecule has 1 amide bonds. The minimum Gasteiger partial charge on any atom is -0.471 e. The van der Waals surface area contributed by atoms with E-state index in [0.29, 0.717) is 32.9 Å². The van der Waals surface area contributed by atoms with Crippen LogP contribution < -0.4 is 15.8 Å². The number of rotatable bonds is 6. The molecule has 4 aromatic rings. The van der Waals surface area contributed by atoms with E-state index >= 15 is 0 Å². The lowest BCUT2D eigenvalue weighted by Crippen LogP contribution is -2.18. The third kappa shape index (κ3) is 4.12. The molecule has 0 aliphatic heterocycles. The standard InChI is InChI=1S/C22H18Cl2N6O2/c23-15-9-26-10-16(24)19(15)21(25)32-13-4-5-17-14(7-13)20(30-29-17)12-3-6-18(27-8-12)28-22(31)11-1-2-11/h3-11,21H,1-2,25H2,(H,29,30)(H,27,28,31)/t21-/m0/s1. The molecule has 1 atom stereocenters. The third-order valence-electron chi connectivity index (χ3n) is 5.21. The van der Waals surface area contributed by atoms with Gasteiger partial charge < -0.3 is 10.1 Å². The summed E-state index contributed by atoms with van der Waals surface area (Å²) in [5.74, 6) is 1.18. The number of H-pyrrole nitrogens is 1. The zero-order valence-corrected chi connectivity index (χ0v) is 18.2. The average molecular weight is 469 g/mol. The number of pyridine rings is 2. The van der Waals surface area contributed by atoms with Gasteiger partial charge in [-0.15, -0.1) is 0 Å². The Morgan fingerprint density at radius 1 is 1.16 bits per heavy atom. The van der Waals surface area contributed by atoms with Gasteiger partial charge in [0.05, 0.1) is 15.6 Å². The summed E-state index contributed by atoms with van der Waals surface area (Å²) < 4.78 is 5.90. The van der Waals surface area contributed by atoms with Crippen molar-refractivity contribution in [3.05, 3.63) is 64.5 Å². The molecule has 1 fully saturated rings. The minimum absolute atomic E-state index is 0.0167. The van der Waals surface area contributed by atoms with E-state index in [4.69, 9.17) is 33.7 Å². The van der Waals surface area contributed by atoms with Crippen molar-refractivity contribution in [3.8, 4) is 17.0 Å². The van der Waals surface area contributed by atoms with Crippen LogP contribution in [0.5, 0.6) is 5.75 Å². The van der Waals surface area contributed by atoms with E-state index in [1.54, 1.807) is 18.3 Å². The Labute approximate surface area is 193 Å². The number of ether oxygens (including phenoxy) is 1. The number of hydrogen-bond acceptors (Lipinski definition) is 6. The zero-order chi connectivity index (χ0) is 22.2. The molecule has 0 saturated heterocycles. The fourth-order valence-corrected chi connectivity index (χ4v) is 3.95. The first-order chi connectivity index (χ1) is 15.5. The predicted molar refractivity (Wildman–Crippen MR) is 122 cm³/mol. The van der Waals surface area contributed by atoms with Gasteiger partial charge in [0.2, 0.25) is 5.91 Å². The average Bonchev–Trinajstić information content (AvgIpc) is 3.54. The quantitative estimate of drug-likeness (QED) is 0.352. The van der Waals surface area contributed by atoms with Crippen LogP contribution in [0.1, 0.15) is 24.6 Å². The molecule has 162 valence electrons. The second-order valence-electron chi connectivity index (χ2n) is 7.53. The van der Waals surface area contributed by atoms with E-state index < -0.39 is 6.23 Å². The van der Waals surface area contributed by atoms with Crippen molar-refractivity contribution in [2.75, 3.05) is 5.32 Å². The molecule has 0 radical (unpaired) electrons. The number of halogens is 2. The van der Waals surface area contributed by atoms with Gasteiger partial charge in [-0.2, -0.15) is 5.10 Å². The lowest BCUT2D eigenvalue weighted by atomic mass is 10.1. The van der Waals surface area contributed by atoms with E-state index in [9.17, 15) is 4.79 Å². The number of carbonyl (C=O) groups is 1. The van der Waals surface area contributed by atoms with Crippen LogP contribution in [-0.2, 0) is 4.79 Å². The zero-order valence-electron chi connectivity index (χ0n) is 16.7. The normalized spacial score (nSPS) is 14.3. The van der Waals surface area contributed by atoms with Crippen LogP contribution in [0.2, 0.25) is 10.0 Å². The number of nitrogens with zero attached hydrogens (tertiary/aromatic N) is 3. The molecule has 1 aliphatic rings. The summed E-state index contributed by atoms with van der Waals surface area (Å²) in [6.07, 6.45) is 5.61. The molecular weight excluding hydrogens is 451 g/mol. The highest BCUT2D eigenvalue weighted by atomic mass is 35.5. The summed E-state index contributed by atoms with van der Waals surface area (Å²) in [5, 5.41) is 11.7. The molecule has 5 rings (SSSR count). The maximum absolute atomic E-state index is 11.9. The number of benzene rings is 1. The van der Waals surface area contributed by atoms with Crippen LogP contribution in [0.3, 0.4) is 0 Å². The molecule has 1 saturated carbocycles. The van der Waals surface area contributed by atoms with Crippen molar-refractivity contribution in [2.45, 2.75) is 19.1 Å². The molecule has 0 spiro atoms. The van der Waals surface area contributed by atoms with Crippen LogP contribution >= 0.6 is 23.2 Å². The molecule has 1 aliphatic carbocycles. The van der Waals surface area contributed by atoms with Gasteiger partial charge in [0.15, 0.2) is 6.23 Å². The van der Waals surface area contributed by atoms with Gasteiger partial charge in [-0.05, 0) is 43.2 Å². The number of nitrogens with two attached hydrogens (primary N) is 1. The first-order valence-electron chi connectivity index (χ1n) is 9.96.